The van der Waals surface area contributed by atoms with E-state index in [2.05, 4.69) is 4.52 Å². The number of nitrogens with two attached hydrogens (primary N) is 1. The molecule has 1 atom stereocenters. The molecule has 0 aliphatic carbocycles. The molecule has 0 heterocycles. The highest BCUT2D eigenvalue weighted by molar-refractivity contribution is 7.47. The number of para-hydroxylation sites is 1. The zero-order valence-corrected chi connectivity index (χ0v) is 11.4. The van der Waals surface area contributed by atoms with E-state index in [0.29, 0.717) is 5.75 Å². The minimum Gasteiger partial charge on any atom is -0.403 e. The Kier molecular flexibility index (Phi) is 5.56. The molecule has 0 aromatic heterocycles. The Labute approximate surface area is 107 Å². The van der Waals surface area contributed by atoms with Crippen LogP contribution in [0.25, 0.3) is 6.08 Å². The third-order valence-corrected chi connectivity index (χ3v) is 2.89. The van der Waals surface area contributed by atoms with Gasteiger partial charge in [0.2, 0.25) is 0 Å². The summed E-state index contributed by atoms with van der Waals surface area (Å²) >= 11 is 0. The first-order chi connectivity index (χ1) is 8.44. The van der Waals surface area contributed by atoms with E-state index in [4.69, 9.17) is 10.3 Å². The second-order valence-corrected chi connectivity index (χ2v) is 5.32. The van der Waals surface area contributed by atoms with Gasteiger partial charge in [0.15, 0.2) is 0 Å². The Bertz CT molecular complexity index is 469. The van der Waals surface area contributed by atoms with Crippen LogP contribution in [0.5, 0.6) is 5.75 Å². The number of allylic oxidation sites excluding steroid dienone is 1. The van der Waals surface area contributed by atoms with Gasteiger partial charge in [0.25, 0.3) is 0 Å². The number of benzene rings is 1. The maximum Gasteiger partial charge on any atom is 0.527 e. The van der Waals surface area contributed by atoms with Crippen LogP contribution in [-0.4, -0.2) is 18.0 Å². The van der Waals surface area contributed by atoms with Gasteiger partial charge in [-0.1, -0.05) is 29.8 Å². The number of phosphoric ester groups is 1. The van der Waals surface area contributed by atoms with E-state index < -0.39 is 7.82 Å². The standard InChI is InChI=1S/C12H18NO4P/c1-10(2)9-11-5-3-4-6-12(11)17-18(14,15)16-8-7-13/h3-6,9H,7-8,13H2,1-2H3,(H,14,15). The van der Waals surface area contributed by atoms with Crippen molar-refractivity contribution < 1.29 is 18.5 Å². The highest BCUT2D eigenvalue weighted by Gasteiger charge is 2.23. The van der Waals surface area contributed by atoms with Gasteiger partial charge in [-0.2, -0.15) is 0 Å². The molecule has 1 rings (SSSR count). The van der Waals surface area contributed by atoms with Gasteiger partial charge >= 0.3 is 7.82 Å². The topological polar surface area (TPSA) is 81.8 Å². The monoisotopic (exact) mass is 271 g/mol. The largest absolute Gasteiger partial charge is 0.527 e. The molecule has 18 heavy (non-hydrogen) atoms. The molecule has 0 spiro atoms. The van der Waals surface area contributed by atoms with Gasteiger partial charge in [-0.05, 0) is 19.9 Å². The van der Waals surface area contributed by atoms with Crippen LogP contribution in [-0.2, 0) is 9.09 Å². The van der Waals surface area contributed by atoms with E-state index in [-0.39, 0.29) is 13.2 Å². The summed E-state index contributed by atoms with van der Waals surface area (Å²) < 4.78 is 21.3. The molecular weight excluding hydrogens is 253 g/mol. The van der Waals surface area contributed by atoms with Crippen molar-refractivity contribution in [2.75, 3.05) is 13.2 Å². The summed E-state index contributed by atoms with van der Waals surface area (Å²) in [6.45, 7) is 3.99. The van der Waals surface area contributed by atoms with Crippen LogP contribution in [0.15, 0.2) is 29.8 Å². The lowest BCUT2D eigenvalue weighted by molar-refractivity contribution is 0.208. The van der Waals surface area contributed by atoms with Crippen molar-refractivity contribution >= 4 is 13.9 Å². The Morgan fingerprint density at radius 1 is 1.44 bits per heavy atom. The molecule has 1 unspecified atom stereocenters. The zero-order valence-electron chi connectivity index (χ0n) is 10.5. The maximum atomic E-state index is 11.6. The summed E-state index contributed by atoms with van der Waals surface area (Å²) in [5.74, 6) is 0.307. The average Bonchev–Trinajstić information content (AvgIpc) is 2.28. The summed E-state index contributed by atoms with van der Waals surface area (Å²) in [5.41, 5.74) is 6.98. The van der Waals surface area contributed by atoms with Crippen LogP contribution >= 0.6 is 7.82 Å². The normalized spacial score (nSPS) is 13.8. The van der Waals surface area contributed by atoms with Gasteiger partial charge in [0.1, 0.15) is 5.75 Å². The molecule has 3 N–H and O–H groups in total. The third kappa shape index (κ3) is 5.02. The van der Waals surface area contributed by atoms with Gasteiger partial charge in [-0.25, -0.2) is 4.57 Å². The summed E-state index contributed by atoms with van der Waals surface area (Å²) in [6, 6.07) is 6.96. The first kappa shape index (κ1) is 14.9. The van der Waals surface area contributed by atoms with Crippen molar-refractivity contribution in [3.63, 3.8) is 0 Å². The lowest BCUT2D eigenvalue weighted by Gasteiger charge is -2.14. The number of phosphoric acid groups is 1. The Morgan fingerprint density at radius 3 is 2.72 bits per heavy atom. The lowest BCUT2D eigenvalue weighted by Crippen LogP contribution is -2.09. The molecule has 0 fully saturated rings. The van der Waals surface area contributed by atoms with Crippen LogP contribution in [0, 0.1) is 0 Å². The highest BCUT2D eigenvalue weighted by Crippen LogP contribution is 2.44. The van der Waals surface area contributed by atoms with E-state index >= 15 is 0 Å². The summed E-state index contributed by atoms with van der Waals surface area (Å²) in [5, 5.41) is 0. The van der Waals surface area contributed by atoms with Crippen molar-refractivity contribution in [3.8, 4) is 5.75 Å². The smallest absolute Gasteiger partial charge is 0.403 e. The lowest BCUT2D eigenvalue weighted by atomic mass is 10.1. The van der Waals surface area contributed by atoms with Gasteiger partial charge in [0.05, 0.1) is 6.61 Å². The molecule has 0 aliphatic heterocycles. The second-order valence-electron chi connectivity index (χ2n) is 3.94. The number of rotatable bonds is 6. The molecule has 0 aliphatic rings. The van der Waals surface area contributed by atoms with Crippen LogP contribution < -0.4 is 10.3 Å². The van der Waals surface area contributed by atoms with E-state index in [0.717, 1.165) is 11.1 Å². The highest BCUT2D eigenvalue weighted by atomic mass is 31.2. The minimum absolute atomic E-state index is 0.0292. The Hall–Kier alpha value is -1.13. The summed E-state index contributed by atoms with van der Waals surface area (Å²) in [7, 11) is -4.11. The fourth-order valence-corrected chi connectivity index (χ4v) is 2.12. The van der Waals surface area contributed by atoms with Gasteiger partial charge in [-0.3, -0.25) is 9.42 Å². The zero-order chi connectivity index (χ0) is 13.6. The van der Waals surface area contributed by atoms with E-state index in [1.807, 2.05) is 26.0 Å². The quantitative estimate of drug-likeness (QED) is 0.777. The van der Waals surface area contributed by atoms with Crippen molar-refractivity contribution in [1.82, 2.24) is 0 Å². The van der Waals surface area contributed by atoms with Crippen molar-refractivity contribution in [3.05, 3.63) is 35.4 Å². The van der Waals surface area contributed by atoms with Gasteiger partial charge in [0, 0.05) is 12.1 Å². The molecule has 100 valence electrons. The minimum atomic E-state index is -4.11. The van der Waals surface area contributed by atoms with Crippen LogP contribution in [0.1, 0.15) is 19.4 Å². The van der Waals surface area contributed by atoms with E-state index in [1.54, 1.807) is 18.2 Å². The number of hydrogen-bond donors (Lipinski definition) is 2. The van der Waals surface area contributed by atoms with Crippen molar-refractivity contribution in [1.29, 1.82) is 0 Å². The predicted molar refractivity (Wildman–Crippen MR) is 71.2 cm³/mol. The average molecular weight is 271 g/mol. The molecule has 0 bridgehead atoms. The molecule has 1 aromatic rings. The van der Waals surface area contributed by atoms with Crippen LogP contribution in [0.3, 0.4) is 0 Å². The fraction of sp³-hybridized carbons (Fsp3) is 0.333. The summed E-state index contributed by atoms with van der Waals surface area (Å²) in [6.07, 6.45) is 1.86. The molecule has 5 nitrogen and oxygen atoms in total. The summed E-state index contributed by atoms with van der Waals surface area (Å²) in [4.78, 5) is 9.49. The molecule has 0 amide bonds. The van der Waals surface area contributed by atoms with E-state index in [9.17, 15) is 9.46 Å². The molecule has 0 saturated carbocycles. The maximum absolute atomic E-state index is 11.6. The molecule has 0 saturated heterocycles. The van der Waals surface area contributed by atoms with Crippen molar-refractivity contribution in [2.45, 2.75) is 13.8 Å². The third-order valence-electron chi connectivity index (χ3n) is 1.95. The first-order valence-corrected chi connectivity index (χ1v) is 7.05. The molecule has 6 heteroatoms. The Balaban J connectivity index is 2.90. The first-order valence-electron chi connectivity index (χ1n) is 5.55. The van der Waals surface area contributed by atoms with Gasteiger partial charge < -0.3 is 10.3 Å². The second kappa shape index (κ2) is 6.71. The van der Waals surface area contributed by atoms with Crippen molar-refractivity contribution in [2.24, 2.45) is 5.73 Å². The molecule has 0 radical (unpaired) electrons. The van der Waals surface area contributed by atoms with Crippen LogP contribution in [0.2, 0.25) is 0 Å². The molecular formula is C12H18NO4P. The number of hydrogen-bond acceptors (Lipinski definition) is 4. The van der Waals surface area contributed by atoms with Crippen LogP contribution in [0.4, 0.5) is 0 Å². The van der Waals surface area contributed by atoms with E-state index in [1.165, 1.54) is 0 Å². The van der Waals surface area contributed by atoms with Gasteiger partial charge in [-0.15, -0.1) is 0 Å². The Morgan fingerprint density at radius 2 is 2.11 bits per heavy atom. The SMILES string of the molecule is CC(C)=Cc1ccccc1OP(=O)(O)OCCN. The predicted octanol–water partition coefficient (Wildman–Crippen LogP) is 2.56. The fourth-order valence-electron chi connectivity index (χ4n) is 1.31. The molecule has 1 aromatic carbocycles.